The Morgan fingerprint density at radius 1 is 1.00 bits per heavy atom. The Morgan fingerprint density at radius 3 is 2.50 bits per heavy atom. The average molecular weight is 346 g/mol. The monoisotopic (exact) mass is 346 g/mol. The highest BCUT2D eigenvalue weighted by Gasteiger charge is 2.07. The maximum absolute atomic E-state index is 7.58. The van der Waals surface area contributed by atoms with Crippen LogP contribution < -0.4 is 15.8 Å². The van der Waals surface area contributed by atoms with E-state index in [2.05, 4.69) is 34.6 Å². The molecule has 0 radical (unpaired) electrons. The second-order valence-corrected chi connectivity index (χ2v) is 5.94. The van der Waals surface area contributed by atoms with Gasteiger partial charge in [-0.1, -0.05) is 42.5 Å². The maximum atomic E-state index is 7.58. The van der Waals surface area contributed by atoms with E-state index in [9.17, 15) is 0 Å². The number of nitrogens with one attached hydrogen (secondary N) is 2. The van der Waals surface area contributed by atoms with Crippen LogP contribution in [0.4, 0.5) is 0 Å². The van der Waals surface area contributed by atoms with Crippen molar-refractivity contribution in [3.8, 4) is 11.5 Å². The molecule has 5 nitrogen and oxygen atoms in total. The van der Waals surface area contributed by atoms with Gasteiger partial charge in [-0.3, -0.25) is 10.4 Å². The third-order valence-corrected chi connectivity index (χ3v) is 3.98. The molecule has 2 aromatic carbocycles. The molecule has 0 aliphatic heterocycles. The number of rotatable bonds is 8. The number of ether oxygens (including phenoxy) is 1. The molecule has 1 aromatic heterocycles. The molecule has 0 spiro atoms. The molecule has 0 saturated carbocycles. The van der Waals surface area contributed by atoms with Crippen LogP contribution in [0.25, 0.3) is 0 Å². The fraction of sp³-hybridized carbons (Fsp3) is 0.143. The van der Waals surface area contributed by atoms with Crippen LogP contribution in [0.2, 0.25) is 0 Å². The van der Waals surface area contributed by atoms with E-state index in [0.717, 1.165) is 19.5 Å². The molecule has 5 heteroatoms. The molecule has 0 saturated heterocycles. The van der Waals surface area contributed by atoms with E-state index in [-0.39, 0.29) is 5.84 Å². The van der Waals surface area contributed by atoms with Crippen molar-refractivity contribution >= 4 is 5.84 Å². The average Bonchev–Trinajstić information content (AvgIpc) is 2.67. The number of hydrogen-bond acceptors (Lipinski definition) is 4. The maximum Gasteiger partial charge on any atom is 0.141 e. The fourth-order valence-corrected chi connectivity index (χ4v) is 2.59. The standard InChI is InChI=1S/C21H22N4O/c22-21(23)19-15-25-13-11-20(19)26-18-8-6-17(7-9-18)14-24-12-10-16-4-2-1-3-5-16/h1-9,11,13,15,24H,10,12,14H2,(H3,22,23). The minimum Gasteiger partial charge on any atom is -0.456 e. The van der Waals surface area contributed by atoms with Gasteiger partial charge in [0.25, 0.3) is 0 Å². The van der Waals surface area contributed by atoms with Crippen LogP contribution in [-0.4, -0.2) is 17.4 Å². The van der Waals surface area contributed by atoms with E-state index in [1.807, 2.05) is 30.3 Å². The third-order valence-electron chi connectivity index (χ3n) is 3.98. The van der Waals surface area contributed by atoms with Crippen LogP contribution in [0.15, 0.2) is 73.1 Å². The molecule has 0 aliphatic carbocycles. The minimum absolute atomic E-state index is 0.0627. The molecule has 0 atom stereocenters. The summed E-state index contributed by atoms with van der Waals surface area (Å²) < 4.78 is 5.83. The van der Waals surface area contributed by atoms with Gasteiger partial charge < -0.3 is 15.8 Å². The number of hydrogen-bond donors (Lipinski definition) is 3. The van der Waals surface area contributed by atoms with Gasteiger partial charge in [0.15, 0.2) is 0 Å². The summed E-state index contributed by atoms with van der Waals surface area (Å²) in [6, 6.07) is 20.0. The highest BCUT2D eigenvalue weighted by atomic mass is 16.5. The van der Waals surface area contributed by atoms with E-state index in [4.69, 9.17) is 15.9 Å². The molecule has 3 aromatic rings. The Kier molecular flexibility index (Phi) is 5.96. The molecule has 0 amide bonds. The smallest absolute Gasteiger partial charge is 0.141 e. The first-order valence-electron chi connectivity index (χ1n) is 8.52. The lowest BCUT2D eigenvalue weighted by atomic mass is 10.1. The van der Waals surface area contributed by atoms with Crippen LogP contribution in [-0.2, 0) is 13.0 Å². The molecule has 0 fully saturated rings. The molecule has 0 bridgehead atoms. The van der Waals surface area contributed by atoms with E-state index in [1.165, 1.54) is 17.3 Å². The molecule has 4 N–H and O–H groups in total. The lowest BCUT2D eigenvalue weighted by Gasteiger charge is -2.10. The molecule has 26 heavy (non-hydrogen) atoms. The normalized spacial score (nSPS) is 10.5. The number of benzene rings is 2. The van der Waals surface area contributed by atoms with Crippen LogP contribution in [0, 0.1) is 5.41 Å². The third kappa shape index (κ3) is 4.91. The Labute approximate surface area is 153 Å². The molecule has 132 valence electrons. The molecular formula is C21H22N4O. The summed E-state index contributed by atoms with van der Waals surface area (Å²) in [6.07, 6.45) is 4.16. The fourth-order valence-electron chi connectivity index (χ4n) is 2.59. The minimum atomic E-state index is -0.0627. The highest BCUT2D eigenvalue weighted by molar-refractivity contribution is 5.97. The molecule has 1 heterocycles. The molecular weight excluding hydrogens is 324 g/mol. The second kappa shape index (κ2) is 8.78. The Morgan fingerprint density at radius 2 is 1.77 bits per heavy atom. The number of nitrogen functional groups attached to an aromatic ring is 1. The summed E-state index contributed by atoms with van der Waals surface area (Å²) in [5.41, 5.74) is 8.57. The van der Waals surface area contributed by atoms with Gasteiger partial charge in [-0.25, -0.2) is 0 Å². The summed E-state index contributed by atoms with van der Waals surface area (Å²) in [5, 5.41) is 11.0. The van der Waals surface area contributed by atoms with Crippen molar-refractivity contribution in [1.29, 1.82) is 5.41 Å². The second-order valence-electron chi connectivity index (χ2n) is 5.94. The van der Waals surface area contributed by atoms with Gasteiger partial charge in [-0.15, -0.1) is 0 Å². The first-order chi connectivity index (χ1) is 12.7. The highest BCUT2D eigenvalue weighted by Crippen LogP contribution is 2.24. The van der Waals surface area contributed by atoms with Crippen molar-refractivity contribution in [2.45, 2.75) is 13.0 Å². The number of nitrogens with two attached hydrogens (primary N) is 1. The van der Waals surface area contributed by atoms with Crippen molar-refractivity contribution in [3.05, 3.63) is 89.7 Å². The predicted molar refractivity (Wildman–Crippen MR) is 104 cm³/mol. The lowest BCUT2D eigenvalue weighted by Crippen LogP contribution is -2.16. The van der Waals surface area contributed by atoms with Gasteiger partial charge in [-0.2, -0.15) is 0 Å². The summed E-state index contributed by atoms with van der Waals surface area (Å²) in [4.78, 5) is 3.98. The van der Waals surface area contributed by atoms with Gasteiger partial charge in [0.2, 0.25) is 0 Å². The molecule has 0 aliphatic rings. The first kappa shape index (κ1) is 17.6. The van der Waals surface area contributed by atoms with Gasteiger partial charge in [-0.05, 0) is 42.3 Å². The van der Waals surface area contributed by atoms with Crippen molar-refractivity contribution in [3.63, 3.8) is 0 Å². The van der Waals surface area contributed by atoms with Gasteiger partial charge in [0.1, 0.15) is 17.3 Å². The van der Waals surface area contributed by atoms with Crippen molar-refractivity contribution in [2.75, 3.05) is 6.54 Å². The zero-order chi connectivity index (χ0) is 18.2. The van der Waals surface area contributed by atoms with Crippen LogP contribution in [0.3, 0.4) is 0 Å². The Balaban J connectivity index is 1.51. The van der Waals surface area contributed by atoms with Gasteiger partial charge in [0, 0.05) is 18.9 Å². The van der Waals surface area contributed by atoms with Crippen molar-refractivity contribution in [2.24, 2.45) is 5.73 Å². The van der Waals surface area contributed by atoms with Gasteiger partial charge >= 0.3 is 0 Å². The predicted octanol–water partition coefficient (Wildman–Crippen LogP) is 3.49. The first-order valence-corrected chi connectivity index (χ1v) is 8.52. The number of nitrogens with zero attached hydrogens (tertiary/aromatic N) is 1. The van der Waals surface area contributed by atoms with E-state index < -0.39 is 0 Å². The number of amidine groups is 1. The topological polar surface area (TPSA) is 84.0 Å². The Bertz CT molecular complexity index is 847. The SMILES string of the molecule is N=C(N)c1cnccc1Oc1ccc(CNCCc2ccccc2)cc1. The molecule has 0 unspecified atom stereocenters. The van der Waals surface area contributed by atoms with E-state index in [1.54, 1.807) is 12.3 Å². The summed E-state index contributed by atoms with van der Waals surface area (Å²) in [7, 11) is 0. The van der Waals surface area contributed by atoms with Crippen LogP contribution in [0.1, 0.15) is 16.7 Å². The quantitative estimate of drug-likeness (QED) is 0.331. The summed E-state index contributed by atoms with van der Waals surface area (Å²) in [6.45, 7) is 1.74. The van der Waals surface area contributed by atoms with Crippen LogP contribution >= 0.6 is 0 Å². The largest absolute Gasteiger partial charge is 0.456 e. The summed E-state index contributed by atoms with van der Waals surface area (Å²) >= 11 is 0. The van der Waals surface area contributed by atoms with Gasteiger partial charge in [0.05, 0.1) is 5.56 Å². The lowest BCUT2D eigenvalue weighted by molar-refractivity contribution is 0.480. The van der Waals surface area contributed by atoms with E-state index >= 15 is 0 Å². The number of pyridine rings is 1. The Hall–Kier alpha value is -3.18. The van der Waals surface area contributed by atoms with Crippen molar-refractivity contribution < 1.29 is 4.74 Å². The number of aromatic nitrogens is 1. The van der Waals surface area contributed by atoms with Crippen LogP contribution in [0.5, 0.6) is 11.5 Å². The summed E-state index contributed by atoms with van der Waals surface area (Å²) in [5.74, 6) is 1.17. The van der Waals surface area contributed by atoms with E-state index in [0.29, 0.717) is 17.1 Å². The zero-order valence-electron chi connectivity index (χ0n) is 14.5. The van der Waals surface area contributed by atoms with Crippen molar-refractivity contribution in [1.82, 2.24) is 10.3 Å². The zero-order valence-corrected chi connectivity index (χ0v) is 14.5. The molecule has 3 rings (SSSR count).